The summed E-state index contributed by atoms with van der Waals surface area (Å²) in [6, 6.07) is 15.6. The summed E-state index contributed by atoms with van der Waals surface area (Å²) in [7, 11) is 0. The van der Waals surface area contributed by atoms with Crippen LogP contribution in [-0.2, 0) is 6.54 Å². The molecule has 21 heavy (non-hydrogen) atoms. The van der Waals surface area contributed by atoms with E-state index in [1.165, 1.54) is 5.56 Å². The van der Waals surface area contributed by atoms with E-state index in [0.29, 0.717) is 6.54 Å². The summed E-state index contributed by atoms with van der Waals surface area (Å²) in [6.07, 6.45) is 3.53. The van der Waals surface area contributed by atoms with Gasteiger partial charge in [-0.2, -0.15) is 0 Å². The summed E-state index contributed by atoms with van der Waals surface area (Å²) in [4.78, 5) is 11.7. The lowest BCUT2D eigenvalue weighted by atomic mass is 10.1. The number of aryl methyl sites for hydroxylation is 1. The van der Waals surface area contributed by atoms with Crippen molar-refractivity contribution in [3.8, 4) is 0 Å². The molecule has 2 amide bonds. The Morgan fingerprint density at radius 3 is 2.62 bits per heavy atom. The van der Waals surface area contributed by atoms with E-state index in [2.05, 4.69) is 26.6 Å². The Bertz CT molecular complexity index is 653. The molecule has 0 aromatic heterocycles. The number of hydrogen-bond acceptors (Lipinski definition) is 1. The summed E-state index contributed by atoms with van der Waals surface area (Å²) in [5.41, 5.74) is 3.29. The third-order valence-electron chi connectivity index (χ3n) is 3.06. The van der Waals surface area contributed by atoms with Crippen LogP contribution >= 0.6 is 15.9 Å². The van der Waals surface area contributed by atoms with Gasteiger partial charge in [0.1, 0.15) is 0 Å². The van der Waals surface area contributed by atoms with Crippen molar-refractivity contribution in [3.05, 3.63) is 75.9 Å². The standard InChI is InChI=1S/C17H17BrN2O/c1-13-6-2-3-7-14(13)10-11-19-17(21)20-12-15-8-4-5-9-16(15)18/h2-11H,12H2,1H3,(H2,19,20,21)/b11-10+. The fourth-order valence-corrected chi connectivity index (χ4v) is 2.27. The maximum absolute atomic E-state index is 11.7. The van der Waals surface area contributed by atoms with Crippen LogP contribution in [0, 0.1) is 6.92 Å². The fourth-order valence-electron chi connectivity index (χ4n) is 1.85. The summed E-state index contributed by atoms with van der Waals surface area (Å²) >= 11 is 3.45. The van der Waals surface area contributed by atoms with Gasteiger partial charge in [0.2, 0.25) is 0 Å². The molecule has 2 rings (SSSR count). The van der Waals surface area contributed by atoms with Crippen molar-refractivity contribution in [2.45, 2.75) is 13.5 Å². The van der Waals surface area contributed by atoms with Gasteiger partial charge in [0.05, 0.1) is 0 Å². The summed E-state index contributed by atoms with van der Waals surface area (Å²) < 4.78 is 0.987. The van der Waals surface area contributed by atoms with Crippen LogP contribution in [0.15, 0.2) is 59.2 Å². The number of benzene rings is 2. The maximum atomic E-state index is 11.7. The predicted octanol–water partition coefficient (Wildman–Crippen LogP) is 4.23. The number of urea groups is 1. The quantitative estimate of drug-likeness (QED) is 0.856. The van der Waals surface area contributed by atoms with E-state index in [1.807, 2.05) is 61.5 Å². The first kappa shape index (κ1) is 15.3. The average Bonchev–Trinajstić information content (AvgIpc) is 2.48. The zero-order valence-corrected chi connectivity index (χ0v) is 13.4. The number of halogens is 1. The van der Waals surface area contributed by atoms with Gasteiger partial charge in [-0.15, -0.1) is 0 Å². The topological polar surface area (TPSA) is 41.1 Å². The van der Waals surface area contributed by atoms with E-state index >= 15 is 0 Å². The zero-order valence-electron chi connectivity index (χ0n) is 11.8. The molecule has 4 heteroatoms. The lowest BCUT2D eigenvalue weighted by molar-refractivity contribution is 0.244. The Morgan fingerprint density at radius 1 is 1.14 bits per heavy atom. The van der Waals surface area contributed by atoms with E-state index in [9.17, 15) is 4.79 Å². The fraction of sp³-hybridized carbons (Fsp3) is 0.118. The van der Waals surface area contributed by atoms with E-state index in [4.69, 9.17) is 0 Å². The molecule has 0 aliphatic rings. The van der Waals surface area contributed by atoms with Crippen molar-refractivity contribution in [2.24, 2.45) is 0 Å². The molecule has 3 nitrogen and oxygen atoms in total. The Morgan fingerprint density at radius 2 is 1.86 bits per heavy atom. The highest BCUT2D eigenvalue weighted by molar-refractivity contribution is 9.10. The summed E-state index contributed by atoms with van der Waals surface area (Å²) in [5.74, 6) is 0. The molecular formula is C17H17BrN2O. The van der Waals surface area contributed by atoms with Gasteiger partial charge in [-0.3, -0.25) is 0 Å². The van der Waals surface area contributed by atoms with Gasteiger partial charge in [0, 0.05) is 17.2 Å². The molecule has 2 aromatic carbocycles. The van der Waals surface area contributed by atoms with Crippen molar-refractivity contribution >= 4 is 28.0 Å². The first-order valence-electron chi connectivity index (χ1n) is 6.67. The van der Waals surface area contributed by atoms with Gasteiger partial charge < -0.3 is 10.6 Å². The highest BCUT2D eigenvalue weighted by atomic mass is 79.9. The Hall–Kier alpha value is -2.07. The second kappa shape index (κ2) is 7.64. The molecule has 0 aliphatic carbocycles. The molecule has 0 saturated carbocycles. The molecule has 0 fully saturated rings. The molecule has 0 radical (unpaired) electrons. The largest absolute Gasteiger partial charge is 0.334 e. The van der Waals surface area contributed by atoms with E-state index in [0.717, 1.165) is 15.6 Å². The SMILES string of the molecule is Cc1ccccc1/C=C/NC(=O)NCc1ccccc1Br. The number of hydrogen-bond donors (Lipinski definition) is 2. The van der Waals surface area contributed by atoms with Crippen molar-refractivity contribution < 1.29 is 4.79 Å². The highest BCUT2D eigenvalue weighted by Gasteiger charge is 2.01. The number of rotatable bonds is 4. The number of amides is 2. The average molecular weight is 345 g/mol. The number of carbonyl (C=O) groups excluding carboxylic acids is 1. The molecule has 0 aliphatic heterocycles. The Kier molecular flexibility index (Phi) is 5.58. The highest BCUT2D eigenvalue weighted by Crippen LogP contribution is 2.15. The zero-order chi connectivity index (χ0) is 15.1. The minimum atomic E-state index is -0.226. The van der Waals surface area contributed by atoms with Gasteiger partial charge in [0.25, 0.3) is 0 Å². The van der Waals surface area contributed by atoms with Crippen LogP contribution in [0.1, 0.15) is 16.7 Å². The molecule has 0 spiro atoms. The molecular weight excluding hydrogens is 328 g/mol. The van der Waals surface area contributed by atoms with E-state index < -0.39 is 0 Å². The number of nitrogens with one attached hydrogen (secondary N) is 2. The van der Waals surface area contributed by atoms with Crippen molar-refractivity contribution in [1.29, 1.82) is 0 Å². The minimum Gasteiger partial charge on any atom is -0.334 e. The molecule has 0 saturated heterocycles. The van der Waals surface area contributed by atoms with Gasteiger partial charge >= 0.3 is 6.03 Å². The third-order valence-corrected chi connectivity index (χ3v) is 3.84. The maximum Gasteiger partial charge on any atom is 0.319 e. The van der Waals surface area contributed by atoms with Crippen LogP contribution < -0.4 is 10.6 Å². The molecule has 0 bridgehead atoms. The van der Waals surface area contributed by atoms with Crippen molar-refractivity contribution in [1.82, 2.24) is 10.6 Å². The first-order valence-corrected chi connectivity index (χ1v) is 7.46. The van der Waals surface area contributed by atoms with Crippen LogP contribution in [0.2, 0.25) is 0 Å². The van der Waals surface area contributed by atoms with Crippen LogP contribution in [0.5, 0.6) is 0 Å². The molecule has 2 N–H and O–H groups in total. The Balaban J connectivity index is 1.83. The second-order valence-corrected chi connectivity index (χ2v) is 5.46. The smallest absolute Gasteiger partial charge is 0.319 e. The van der Waals surface area contributed by atoms with Crippen LogP contribution in [-0.4, -0.2) is 6.03 Å². The summed E-state index contributed by atoms with van der Waals surface area (Å²) in [5, 5.41) is 5.51. The molecule has 108 valence electrons. The third kappa shape index (κ3) is 4.76. The lowest BCUT2D eigenvalue weighted by Gasteiger charge is -2.06. The Labute approximate surface area is 133 Å². The van der Waals surface area contributed by atoms with Crippen molar-refractivity contribution in [3.63, 3.8) is 0 Å². The lowest BCUT2D eigenvalue weighted by Crippen LogP contribution is -2.31. The molecule has 2 aromatic rings. The monoisotopic (exact) mass is 344 g/mol. The molecule has 0 atom stereocenters. The van der Waals surface area contributed by atoms with Crippen LogP contribution in [0.4, 0.5) is 4.79 Å². The van der Waals surface area contributed by atoms with Crippen LogP contribution in [0.3, 0.4) is 0 Å². The normalized spacial score (nSPS) is 10.6. The van der Waals surface area contributed by atoms with E-state index in [1.54, 1.807) is 6.20 Å². The molecule has 0 heterocycles. The van der Waals surface area contributed by atoms with Gasteiger partial charge in [-0.05, 0) is 35.8 Å². The van der Waals surface area contributed by atoms with Gasteiger partial charge in [-0.25, -0.2) is 4.79 Å². The predicted molar refractivity (Wildman–Crippen MR) is 89.7 cm³/mol. The summed E-state index contributed by atoms with van der Waals surface area (Å²) in [6.45, 7) is 2.51. The van der Waals surface area contributed by atoms with Crippen LogP contribution in [0.25, 0.3) is 6.08 Å². The number of carbonyl (C=O) groups is 1. The van der Waals surface area contributed by atoms with Gasteiger partial charge in [0.15, 0.2) is 0 Å². The van der Waals surface area contributed by atoms with Gasteiger partial charge in [-0.1, -0.05) is 58.4 Å². The first-order chi connectivity index (χ1) is 10.2. The van der Waals surface area contributed by atoms with E-state index in [-0.39, 0.29) is 6.03 Å². The van der Waals surface area contributed by atoms with Crippen molar-refractivity contribution in [2.75, 3.05) is 0 Å². The minimum absolute atomic E-state index is 0.226. The second-order valence-electron chi connectivity index (χ2n) is 4.61. The molecule has 0 unspecified atom stereocenters.